The summed E-state index contributed by atoms with van der Waals surface area (Å²) >= 11 is 0. The highest BCUT2D eigenvalue weighted by atomic mass is 16.4. The average molecular weight is 383 g/mol. The molecule has 0 atom stereocenters. The van der Waals surface area contributed by atoms with Crippen molar-refractivity contribution in [2.24, 2.45) is 0 Å². The summed E-state index contributed by atoms with van der Waals surface area (Å²) < 4.78 is 0. The molecule has 4 aromatic rings. The van der Waals surface area contributed by atoms with Gasteiger partial charge in [-0.3, -0.25) is 4.90 Å². The molecule has 0 aliphatic heterocycles. The molecule has 0 amide bonds. The van der Waals surface area contributed by atoms with Crippen LogP contribution in [0.5, 0.6) is 0 Å². The summed E-state index contributed by atoms with van der Waals surface area (Å²) in [5, 5.41) is 24.6. The van der Waals surface area contributed by atoms with Crippen molar-refractivity contribution in [1.29, 1.82) is 0 Å². The Bertz CT molecular complexity index is 1070. The highest BCUT2D eigenvalue weighted by molar-refractivity contribution is 6.59. The standard InChI is InChI=1S/C25H26BNO2/c1-2-15-27(17-21-11-5-8-14-25(21)26(28)29)18-24-22-12-6-3-9-19(22)16-20-10-4-7-13-23(20)24/h3-14,16,28-29H,2,15,17-18H2,1H3. The van der Waals surface area contributed by atoms with Crippen molar-refractivity contribution in [3.8, 4) is 0 Å². The van der Waals surface area contributed by atoms with Crippen LogP contribution in [0.25, 0.3) is 21.5 Å². The molecule has 0 fully saturated rings. The lowest BCUT2D eigenvalue weighted by Crippen LogP contribution is -2.35. The van der Waals surface area contributed by atoms with Crippen molar-refractivity contribution in [3.05, 3.63) is 90.0 Å². The Balaban J connectivity index is 1.76. The molecule has 3 nitrogen and oxygen atoms in total. The van der Waals surface area contributed by atoms with Crippen LogP contribution >= 0.6 is 0 Å². The number of benzene rings is 4. The van der Waals surface area contributed by atoms with E-state index in [1.165, 1.54) is 27.1 Å². The van der Waals surface area contributed by atoms with Gasteiger partial charge in [-0.15, -0.1) is 0 Å². The molecule has 0 aliphatic rings. The van der Waals surface area contributed by atoms with Gasteiger partial charge in [-0.1, -0.05) is 79.7 Å². The van der Waals surface area contributed by atoms with E-state index in [9.17, 15) is 10.0 Å². The molecule has 4 heteroatoms. The highest BCUT2D eigenvalue weighted by Gasteiger charge is 2.18. The first-order valence-electron chi connectivity index (χ1n) is 10.2. The van der Waals surface area contributed by atoms with Crippen LogP contribution in [0.15, 0.2) is 78.9 Å². The lowest BCUT2D eigenvalue weighted by Gasteiger charge is -2.25. The third-order valence-corrected chi connectivity index (χ3v) is 5.53. The van der Waals surface area contributed by atoms with Crippen LogP contribution in [-0.2, 0) is 13.1 Å². The Morgan fingerprint density at radius 2 is 1.34 bits per heavy atom. The zero-order valence-corrected chi connectivity index (χ0v) is 16.8. The van der Waals surface area contributed by atoms with Crippen LogP contribution in [-0.4, -0.2) is 28.6 Å². The Morgan fingerprint density at radius 3 is 1.97 bits per heavy atom. The van der Waals surface area contributed by atoms with Gasteiger partial charge in [0.1, 0.15) is 0 Å². The second-order valence-corrected chi connectivity index (χ2v) is 7.58. The Labute approximate surface area is 172 Å². The largest absolute Gasteiger partial charge is 0.488 e. The molecule has 0 radical (unpaired) electrons. The fraction of sp³-hybridized carbons (Fsp3) is 0.200. The van der Waals surface area contributed by atoms with E-state index in [0.29, 0.717) is 12.0 Å². The summed E-state index contributed by atoms with van der Waals surface area (Å²) in [6.07, 6.45) is 1.03. The van der Waals surface area contributed by atoms with Crippen LogP contribution in [0.4, 0.5) is 0 Å². The molecule has 0 saturated carbocycles. The van der Waals surface area contributed by atoms with E-state index in [0.717, 1.165) is 25.1 Å². The van der Waals surface area contributed by atoms with E-state index in [2.05, 4.69) is 66.4 Å². The third-order valence-electron chi connectivity index (χ3n) is 5.53. The van der Waals surface area contributed by atoms with Crippen molar-refractivity contribution in [3.63, 3.8) is 0 Å². The van der Waals surface area contributed by atoms with Gasteiger partial charge in [-0.25, -0.2) is 0 Å². The maximum Gasteiger partial charge on any atom is 0.488 e. The molecule has 0 spiro atoms. The molecule has 0 aromatic heterocycles. The molecule has 0 heterocycles. The van der Waals surface area contributed by atoms with Gasteiger partial charge in [0.25, 0.3) is 0 Å². The predicted octanol–water partition coefficient (Wildman–Crippen LogP) is 4.09. The van der Waals surface area contributed by atoms with Gasteiger partial charge in [-0.2, -0.15) is 0 Å². The summed E-state index contributed by atoms with van der Waals surface area (Å²) in [7, 11) is -1.45. The summed E-state index contributed by atoms with van der Waals surface area (Å²) in [4.78, 5) is 2.40. The van der Waals surface area contributed by atoms with Crippen LogP contribution in [0.3, 0.4) is 0 Å². The molecular formula is C25H26BNO2. The van der Waals surface area contributed by atoms with E-state index in [-0.39, 0.29) is 0 Å². The molecule has 0 saturated heterocycles. The van der Waals surface area contributed by atoms with Crippen LogP contribution in [0.2, 0.25) is 0 Å². The Morgan fingerprint density at radius 1 is 0.759 bits per heavy atom. The predicted molar refractivity (Wildman–Crippen MR) is 122 cm³/mol. The summed E-state index contributed by atoms with van der Waals surface area (Å²) in [6.45, 7) is 4.61. The van der Waals surface area contributed by atoms with Crippen LogP contribution in [0.1, 0.15) is 24.5 Å². The van der Waals surface area contributed by atoms with Gasteiger partial charge in [0, 0.05) is 13.1 Å². The molecule has 4 aromatic carbocycles. The second-order valence-electron chi connectivity index (χ2n) is 7.58. The Hall–Kier alpha value is -2.66. The number of nitrogens with zero attached hydrogens (tertiary/aromatic N) is 1. The molecule has 0 aliphatic carbocycles. The van der Waals surface area contributed by atoms with E-state index in [1.807, 2.05) is 18.2 Å². The highest BCUT2D eigenvalue weighted by Crippen LogP contribution is 2.30. The van der Waals surface area contributed by atoms with E-state index < -0.39 is 7.12 Å². The molecule has 2 N–H and O–H groups in total. The summed E-state index contributed by atoms with van der Waals surface area (Å²) in [6, 6.07) is 27.0. The first kappa shape index (κ1) is 19.7. The maximum absolute atomic E-state index is 9.76. The molecule has 0 unspecified atom stereocenters. The van der Waals surface area contributed by atoms with Crippen molar-refractivity contribution in [2.75, 3.05) is 6.54 Å². The second kappa shape index (κ2) is 8.79. The van der Waals surface area contributed by atoms with Crippen LogP contribution < -0.4 is 5.46 Å². The van der Waals surface area contributed by atoms with Gasteiger partial charge in [-0.05, 0) is 57.2 Å². The Kier molecular flexibility index (Phi) is 5.95. The third kappa shape index (κ3) is 4.20. The average Bonchev–Trinajstić information content (AvgIpc) is 2.74. The normalized spacial score (nSPS) is 11.4. The minimum atomic E-state index is -1.45. The number of rotatable bonds is 7. The molecular weight excluding hydrogens is 357 g/mol. The van der Waals surface area contributed by atoms with Gasteiger partial charge < -0.3 is 10.0 Å². The quantitative estimate of drug-likeness (QED) is 0.373. The lowest BCUT2D eigenvalue weighted by atomic mass is 9.77. The number of hydrogen-bond acceptors (Lipinski definition) is 3. The lowest BCUT2D eigenvalue weighted by molar-refractivity contribution is 0.259. The molecule has 146 valence electrons. The first-order valence-corrected chi connectivity index (χ1v) is 10.2. The zero-order valence-electron chi connectivity index (χ0n) is 16.8. The SMILES string of the molecule is CCCN(Cc1ccccc1B(O)O)Cc1c2ccccc2cc2ccccc12. The summed E-state index contributed by atoms with van der Waals surface area (Å²) in [5.41, 5.74) is 2.87. The topological polar surface area (TPSA) is 43.7 Å². The minimum absolute atomic E-state index is 0.580. The van der Waals surface area contributed by atoms with Crippen molar-refractivity contribution < 1.29 is 10.0 Å². The molecule has 0 bridgehead atoms. The maximum atomic E-state index is 9.76. The van der Waals surface area contributed by atoms with Crippen molar-refractivity contribution >= 4 is 34.1 Å². The van der Waals surface area contributed by atoms with Gasteiger partial charge in [0.2, 0.25) is 0 Å². The summed E-state index contributed by atoms with van der Waals surface area (Å²) in [5.74, 6) is 0. The number of fused-ring (bicyclic) bond motifs is 2. The minimum Gasteiger partial charge on any atom is -0.423 e. The van der Waals surface area contributed by atoms with Gasteiger partial charge >= 0.3 is 7.12 Å². The van der Waals surface area contributed by atoms with Crippen molar-refractivity contribution in [2.45, 2.75) is 26.4 Å². The number of hydrogen-bond donors (Lipinski definition) is 2. The fourth-order valence-electron chi connectivity index (χ4n) is 4.20. The first-order chi connectivity index (χ1) is 14.2. The van der Waals surface area contributed by atoms with E-state index in [1.54, 1.807) is 6.07 Å². The van der Waals surface area contributed by atoms with Crippen LogP contribution in [0, 0.1) is 0 Å². The molecule has 4 rings (SSSR count). The smallest absolute Gasteiger partial charge is 0.423 e. The zero-order chi connectivity index (χ0) is 20.2. The van der Waals surface area contributed by atoms with E-state index in [4.69, 9.17) is 0 Å². The van der Waals surface area contributed by atoms with Gasteiger partial charge in [0.05, 0.1) is 0 Å². The van der Waals surface area contributed by atoms with Crippen molar-refractivity contribution in [1.82, 2.24) is 4.90 Å². The monoisotopic (exact) mass is 383 g/mol. The molecule has 29 heavy (non-hydrogen) atoms. The van der Waals surface area contributed by atoms with E-state index >= 15 is 0 Å². The fourth-order valence-corrected chi connectivity index (χ4v) is 4.20. The van der Waals surface area contributed by atoms with Gasteiger partial charge in [0.15, 0.2) is 0 Å².